The van der Waals surface area contributed by atoms with Gasteiger partial charge in [0.15, 0.2) is 0 Å². The Kier molecular flexibility index (Phi) is 4.60. The van der Waals surface area contributed by atoms with Gasteiger partial charge in [0.2, 0.25) is 10.0 Å². The van der Waals surface area contributed by atoms with Gasteiger partial charge in [-0.3, -0.25) is 4.98 Å². The molecule has 1 aromatic heterocycles. The summed E-state index contributed by atoms with van der Waals surface area (Å²) in [6.45, 7) is 6.64. The molecule has 22 heavy (non-hydrogen) atoms. The zero-order chi connectivity index (χ0) is 16.9. The molecule has 2 N–H and O–H groups in total. The van der Waals surface area contributed by atoms with Crippen LogP contribution < -0.4 is 0 Å². The van der Waals surface area contributed by atoms with Gasteiger partial charge < -0.3 is 10.2 Å². The lowest BCUT2D eigenvalue weighted by molar-refractivity contribution is 0.147. The van der Waals surface area contributed by atoms with Crippen LogP contribution in [0.1, 0.15) is 39.3 Å². The predicted octanol–water partition coefficient (Wildman–Crippen LogP) is 2.03. The molecule has 0 bridgehead atoms. The molecule has 2 heterocycles. The zero-order valence-electron chi connectivity index (χ0n) is 13.0. The Hall–Kier alpha value is -0.700. The van der Waals surface area contributed by atoms with Crippen LogP contribution in [0.15, 0.2) is 16.9 Å². The Balaban J connectivity index is 2.58. The van der Waals surface area contributed by atoms with Crippen LogP contribution in [0.4, 0.5) is 0 Å². The van der Waals surface area contributed by atoms with Crippen LogP contribution in [0.2, 0.25) is 0 Å². The topological polar surface area (TPSA) is 90.7 Å². The van der Waals surface area contributed by atoms with E-state index in [0.29, 0.717) is 10.0 Å². The maximum absolute atomic E-state index is 12.8. The largest absolute Gasteiger partial charge is 0.506 e. The SMILES string of the molecule is C[C@H]1C(c2cncc(Br)c2O)N(S(=O)(=O)C(C)(C)C)C[C@H]1O. The molecule has 2 rings (SSSR count). The van der Waals surface area contributed by atoms with Crippen LogP contribution in [-0.4, -0.2) is 45.3 Å². The average molecular weight is 393 g/mol. The van der Waals surface area contributed by atoms with Gasteiger partial charge in [-0.2, -0.15) is 4.31 Å². The standard InChI is InChI=1S/C14H21BrN2O4S/c1-8-11(18)7-17(22(20,21)14(2,3)4)12(8)9-5-16-6-10(15)13(9)19/h5-6,8,11-12,18H,7H2,1-4H3,(H,16,19)/t8-,11-,12?/m1/s1. The summed E-state index contributed by atoms with van der Waals surface area (Å²) in [5.41, 5.74) is 0.395. The zero-order valence-corrected chi connectivity index (χ0v) is 15.4. The average Bonchev–Trinajstić information content (AvgIpc) is 2.69. The molecule has 0 saturated carbocycles. The lowest BCUT2D eigenvalue weighted by Gasteiger charge is -2.32. The van der Waals surface area contributed by atoms with Crippen LogP contribution in [0, 0.1) is 5.92 Å². The maximum Gasteiger partial charge on any atom is 0.219 e. The molecule has 0 amide bonds. The van der Waals surface area contributed by atoms with Crippen molar-refractivity contribution < 1.29 is 18.6 Å². The van der Waals surface area contributed by atoms with Crippen LogP contribution >= 0.6 is 15.9 Å². The van der Waals surface area contributed by atoms with Gasteiger partial charge in [0.05, 0.1) is 21.4 Å². The van der Waals surface area contributed by atoms with Crippen molar-refractivity contribution in [3.05, 3.63) is 22.4 Å². The van der Waals surface area contributed by atoms with Crippen molar-refractivity contribution in [1.82, 2.24) is 9.29 Å². The quantitative estimate of drug-likeness (QED) is 0.803. The van der Waals surface area contributed by atoms with Crippen molar-refractivity contribution in [2.45, 2.75) is 44.6 Å². The number of hydrogen-bond acceptors (Lipinski definition) is 5. The Morgan fingerprint density at radius 2 is 1.95 bits per heavy atom. The van der Waals surface area contributed by atoms with Gasteiger partial charge in [0.25, 0.3) is 0 Å². The second-order valence-corrected chi connectivity index (χ2v) is 10.1. The predicted molar refractivity (Wildman–Crippen MR) is 86.9 cm³/mol. The Bertz CT molecular complexity index is 672. The fourth-order valence-electron chi connectivity index (χ4n) is 2.63. The number of sulfonamides is 1. The lowest BCUT2D eigenvalue weighted by atomic mass is 9.95. The molecule has 1 unspecified atom stereocenters. The summed E-state index contributed by atoms with van der Waals surface area (Å²) in [6, 6.07) is -0.649. The Morgan fingerprint density at radius 1 is 1.36 bits per heavy atom. The molecule has 0 radical (unpaired) electrons. The lowest BCUT2D eigenvalue weighted by Crippen LogP contribution is -2.43. The highest BCUT2D eigenvalue weighted by atomic mass is 79.9. The van der Waals surface area contributed by atoms with Crippen LogP contribution in [-0.2, 0) is 10.0 Å². The first-order valence-electron chi connectivity index (χ1n) is 7.00. The van der Waals surface area contributed by atoms with Gasteiger partial charge in [0.1, 0.15) is 5.75 Å². The normalized spacial score (nSPS) is 27.3. The fraction of sp³-hybridized carbons (Fsp3) is 0.643. The molecule has 0 aromatic carbocycles. The van der Waals surface area contributed by atoms with E-state index in [-0.39, 0.29) is 18.2 Å². The third kappa shape index (κ3) is 2.77. The molecule has 0 spiro atoms. The summed E-state index contributed by atoms with van der Waals surface area (Å²) in [5.74, 6) is -0.394. The molecule has 1 saturated heterocycles. The van der Waals surface area contributed by atoms with Crippen LogP contribution in [0.3, 0.4) is 0 Å². The minimum absolute atomic E-state index is 0.0113. The number of nitrogens with zero attached hydrogens (tertiary/aromatic N) is 2. The summed E-state index contributed by atoms with van der Waals surface area (Å²) >= 11 is 3.20. The van der Waals surface area contributed by atoms with E-state index in [9.17, 15) is 18.6 Å². The van der Waals surface area contributed by atoms with Crippen molar-refractivity contribution in [3.63, 3.8) is 0 Å². The number of β-amino-alcohol motifs (C(OH)–C–C–N with tert-alkyl or cyclic N) is 1. The highest BCUT2D eigenvalue weighted by Gasteiger charge is 2.49. The number of rotatable bonds is 2. The van der Waals surface area contributed by atoms with Crippen molar-refractivity contribution in [3.8, 4) is 5.75 Å². The molecule has 6 nitrogen and oxygen atoms in total. The van der Waals surface area contributed by atoms with E-state index in [1.807, 2.05) is 0 Å². The summed E-state index contributed by atoms with van der Waals surface area (Å²) < 4.78 is 26.3. The molecule has 1 aliphatic heterocycles. The van der Waals surface area contributed by atoms with Gasteiger partial charge in [-0.15, -0.1) is 0 Å². The second kappa shape index (κ2) is 5.74. The highest BCUT2D eigenvalue weighted by molar-refractivity contribution is 9.10. The molecule has 1 aliphatic rings. The van der Waals surface area contributed by atoms with Gasteiger partial charge in [-0.25, -0.2) is 8.42 Å². The van der Waals surface area contributed by atoms with Crippen molar-refractivity contribution in [1.29, 1.82) is 0 Å². The summed E-state index contributed by atoms with van der Waals surface area (Å²) in [7, 11) is -3.65. The number of halogens is 1. The van der Waals surface area contributed by atoms with E-state index in [0.717, 1.165) is 0 Å². The van der Waals surface area contributed by atoms with Gasteiger partial charge in [0, 0.05) is 30.4 Å². The van der Waals surface area contributed by atoms with Crippen LogP contribution in [0.5, 0.6) is 5.75 Å². The monoisotopic (exact) mass is 392 g/mol. The van der Waals surface area contributed by atoms with Gasteiger partial charge >= 0.3 is 0 Å². The number of hydrogen-bond donors (Lipinski definition) is 2. The van der Waals surface area contributed by atoms with E-state index in [1.165, 1.54) is 16.7 Å². The minimum Gasteiger partial charge on any atom is -0.506 e. The molecule has 3 atom stereocenters. The summed E-state index contributed by atoms with van der Waals surface area (Å²) in [6.07, 6.45) is 2.10. The molecule has 1 fully saturated rings. The first-order chi connectivity index (χ1) is 9.98. The third-order valence-electron chi connectivity index (χ3n) is 4.08. The Morgan fingerprint density at radius 3 is 2.50 bits per heavy atom. The smallest absolute Gasteiger partial charge is 0.219 e. The Labute approximate surface area is 139 Å². The molecule has 8 heteroatoms. The third-order valence-corrected chi connectivity index (χ3v) is 7.21. The molecular formula is C14H21BrN2O4S. The van der Waals surface area contributed by atoms with Gasteiger partial charge in [-0.05, 0) is 36.7 Å². The number of pyridine rings is 1. The van der Waals surface area contributed by atoms with Crippen molar-refractivity contribution in [2.24, 2.45) is 5.92 Å². The van der Waals surface area contributed by atoms with E-state index >= 15 is 0 Å². The maximum atomic E-state index is 12.8. The molecular weight excluding hydrogens is 372 g/mol. The summed E-state index contributed by atoms with van der Waals surface area (Å²) in [4.78, 5) is 4.02. The fourth-order valence-corrected chi connectivity index (χ4v) is 4.64. The molecule has 1 aromatic rings. The van der Waals surface area contributed by atoms with Crippen LogP contribution in [0.25, 0.3) is 0 Å². The van der Waals surface area contributed by atoms with Crippen molar-refractivity contribution in [2.75, 3.05) is 6.54 Å². The number of aliphatic hydroxyl groups excluding tert-OH is 1. The minimum atomic E-state index is -3.65. The van der Waals surface area contributed by atoms with E-state index in [4.69, 9.17) is 0 Å². The second-order valence-electron chi connectivity index (χ2n) is 6.62. The first-order valence-corrected chi connectivity index (χ1v) is 9.23. The van der Waals surface area contributed by atoms with Gasteiger partial charge in [-0.1, -0.05) is 6.92 Å². The molecule has 0 aliphatic carbocycles. The number of aliphatic hydroxyl groups is 1. The first kappa shape index (κ1) is 17.7. The highest BCUT2D eigenvalue weighted by Crippen LogP contribution is 2.45. The van der Waals surface area contributed by atoms with Crippen molar-refractivity contribution >= 4 is 26.0 Å². The van der Waals surface area contributed by atoms with E-state index < -0.39 is 26.9 Å². The molecule has 124 valence electrons. The number of aromatic nitrogens is 1. The number of aromatic hydroxyl groups is 1. The van der Waals surface area contributed by atoms with E-state index in [1.54, 1.807) is 27.7 Å². The van der Waals surface area contributed by atoms with E-state index in [2.05, 4.69) is 20.9 Å². The summed E-state index contributed by atoms with van der Waals surface area (Å²) in [5, 5.41) is 20.4.